The van der Waals surface area contributed by atoms with Crippen LogP contribution in [0.1, 0.15) is 10.4 Å². The van der Waals surface area contributed by atoms with Crippen LogP contribution in [-0.2, 0) is 0 Å². The van der Waals surface area contributed by atoms with Gasteiger partial charge in [-0.05, 0) is 23.8 Å². The van der Waals surface area contributed by atoms with Crippen molar-refractivity contribution in [1.29, 1.82) is 0 Å². The fraction of sp³-hybridized carbons (Fsp3) is 0.133. The Bertz CT molecular complexity index is 659. The molecule has 0 aliphatic carbocycles. The van der Waals surface area contributed by atoms with E-state index in [4.69, 9.17) is 16.3 Å². The highest BCUT2D eigenvalue weighted by atomic mass is 35.5. The van der Waals surface area contributed by atoms with Crippen molar-refractivity contribution in [3.8, 4) is 16.9 Å². The van der Waals surface area contributed by atoms with Crippen molar-refractivity contribution in [2.24, 2.45) is 0 Å². The molecular formula is C15H10ClF3O2. The first kappa shape index (κ1) is 15.4. The number of alkyl halides is 2. The molecule has 110 valence electrons. The Kier molecular flexibility index (Phi) is 4.85. The third kappa shape index (κ3) is 3.55. The van der Waals surface area contributed by atoms with E-state index in [1.807, 2.05) is 0 Å². The summed E-state index contributed by atoms with van der Waals surface area (Å²) in [6, 6.07) is 8.66. The van der Waals surface area contributed by atoms with E-state index >= 15 is 0 Å². The number of hydrogen-bond donors (Lipinski definition) is 0. The second-order valence-electron chi connectivity index (χ2n) is 4.17. The van der Waals surface area contributed by atoms with Crippen molar-refractivity contribution >= 4 is 17.9 Å². The summed E-state index contributed by atoms with van der Waals surface area (Å²) in [5.41, 5.74) is 0.688. The number of ether oxygens (including phenoxy) is 1. The Balaban J connectivity index is 2.43. The van der Waals surface area contributed by atoms with Gasteiger partial charge in [-0.2, -0.15) is 0 Å². The van der Waals surface area contributed by atoms with Gasteiger partial charge in [0.2, 0.25) is 0 Å². The molecule has 0 saturated carbocycles. The average Bonchev–Trinajstić information content (AvgIpc) is 2.47. The summed E-state index contributed by atoms with van der Waals surface area (Å²) in [5.74, 6) is -0.653. The molecule has 0 radical (unpaired) electrons. The number of rotatable bonds is 5. The molecule has 2 aromatic carbocycles. The molecule has 0 unspecified atom stereocenters. The number of halogens is 4. The molecule has 0 fully saturated rings. The summed E-state index contributed by atoms with van der Waals surface area (Å²) in [6.45, 7) is -0.845. The van der Waals surface area contributed by atoms with Crippen LogP contribution in [0.15, 0.2) is 36.4 Å². The summed E-state index contributed by atoms with van der Waals surface area (Å²) in [6.07, 6.45) is -2.19. The zero-order valence-electron chi connectivity index (χ0n) is 10.7. The molecular weight excluding hydrogens is 305 g/mol. The van der Waals surface area contributed by atoms with E-state index in [1.54, 1.807) is 6.07 Å². The zero-order valence-corrected chi connectivity index (χ0v) is 11.4. The molecule has 2 rings (SSSR count). The maximum Gasteiger partial charge on any atom is 0.272 e. The molecule has 2 nitrogen and oxygen atoms in total. The van der Waals surface area contributed by atoms with Crippen molar-refractivity contribution in [1.82, 2.24) is 0 Å². The summed E-state index contributed by atoms with van der Waals surface area (Å²) in [7, 11) is 0. The Morgan fingerprint density at radius 3 is 2.67 bits per heavy atom. The van der Waals surface area contributed by atoms with E-state index in [0.29, 0.717) is 11.8 Å². The van der Waals surface area contributed by atoms with E-state index < -0.39 is 18.8 Å². The van der Waals surface area contributed by atoms with Gasteiger partial charge in [-0.1, -0.05) is 29.8 Å². The quantitative estimate of drug-likeness (QED) is 0.754. The highest BCUT2D eigenvalue weighted by Crippen LogP contribution is 2.31. The predicted molar refractivity (Wildman–Crippen MR) is 73.7 cm³/mol. The van der Waals surface area contributed by atoms with E-state index in [1.165, 1.54) is 30.3 Å². The van der Waals surface area contributed by atoms with Crippen LogP contribution in [0.5, 0.6) is 5.75 Å². The molecule has 6 heteroatoms. The maximum atomic E-state index is 14.0. The van der Waals surface area contributed by atoms with Crippen LogP contribution < -0.4 is 4.74 Å². The van der Waals surface area contributed by atoms with Crippen LogP contribution >= 0.6 is 11.6 Å². The smallest absolute Gasteiger partial charge is 0.272 e. The van der Waals surface area contributed by atoms with Gasteiger partial charge in [0.15, 0.2) is 6.29 Å². The number of carbonyl (C=O) groups excluding carboxylic acids is 1. The van der Waals surface area contributed by atoms with Gasteiger partial charge in [0, 0.05) is 5.56 Å². The standard InChI is InChI=1S/C15H10ClF3O2/c16-12-3-1-2-11(15(12)19)9-4-5-10(7-20)13(6-9)21-8-14(17)18/h1-7,14H,8H2. The second kappa shape index (κ2) is 6.63. The Hall–Kier alpha value is -2.01. The average molecular weight is 315 g/mol. The minimum Gasteiger partial charge on any atom is -0.487 e. The number of carbonyl (C=O) groups is 1. The molecule has 0 N–H and O–H groups in total. The van der Waals surface area contributed by atoms with Crippen LogP contribution in [0.25, 0.3) is 11.1 Å². The molecule has 21 heavy (non-hydrogen) atoms. The molecule has 0 atom stereocenters. The van der Waals surface area contributed by atoms with Gasteiger partial charge in [0.05, 0.1) is 10.6 Å². The summed E-state index contributed by atoms with van der Waals surface area (Å²) in [4.78, 5) is 10.9. The molecule has 0 saturated heterocycles. The van der Waals surface area contributed by atoms with E-state index in [2.05, 4.69) is 0 Å². The largest absolute Gasteiger partial charge is 0.487 e. The molecule has 0 aliphatic heterocycles. The molecule has 0 aliphatic rings. The van der Waals surface area contributed by atoms with Crippen LogP contribution in [0.4, 0.5) is 13.2 Å². The molecule has 0 heterocycles. The first-order chi connectivity index (χ1) is 10.0. The fourth-order valence-corrected chi connectivity index (χ4v) is 1.98. The van der Waals surface area contributed by atoms with E-state index in [-0.39, 0.29) is 21.9 Å². The monoisotopic (exact) mass is 314 g/mol. The van der Waals surface area contributed by atoms with Gasteiger partial charge in [0.25, 0.3) is 6.43 Å². The maximum absolute atomic E-state index is 14.0. The number of benzene rings is 2. The Morgan fingerprint density at radius 1 is 1.24 bits per heavy atom. The summed E-state index contributed by atoms with van der Waals surface area (Å²) < 4.78 is 43.3. The third-order valence-corrected chi connectivity index (χ3v) is 3.06. The highest BCUT2D eigenvalue weighted by molar-refractivity contribution is 6.31. The molecule has 2 aromatic rings. The fourth-order valence-electron chi connectivity index (χ4n) is 1.80. The molecule has 0 spiro atoms. The van der Waals surface area contributed by atoms with Gasteiger partial charge in [-0.3, -0.25) is 4.79 Å². The lowest BCUT2D eigenvalue weighted by molar-refractivity contribution is 0.0809. The van der Waals surface area contributed by atoms with Gasteiger partial charge in [0.1, 0.15) is 18.2 Å². The lowest BCUT2D eigenvalue weighted by atomic mass is 10.0. The van der Waals surface area contributed by atoms with Crippen LogP contribution in [-0.4, -0.2) is 19.3 Å². The van der Waals surface area contributed by atoms with Crippen LogP contribution in [0, 0.1) is 5.82 Å². The number of aldehydes is 1. The molecule has 0 amide bonds. The highest BCUT2D eigenvalue weighted by Gasteiger charge is 2.13. The first-order valence-electron chi connectivity index (χ1n) is 5.97. The Labute approximate surface area is 124 Å². The van der Waals surface area contributed by atoms with Gasteiger partial charge < -0.3 is 4.74 Å². The molecule has 0 bridgehead atoms. The minimum absolute atomic E-state index is 0.0258. The molecule has 0 aromatic heterocycles. The zero-order chi connectivity index (χ0) is 15.4. The van der Waals surface area contributed by atoms with Crippen molar-refractivity contribution < 1.29 is 22.7 Å². The SMILES string of the molecule is O=Cc1ccc(-c2cccc(Cl)c2F)cc1OCC(F)F. The van der Waals surface area contributed by atoms with Gasteiger partial charge >= 0.3 is 0 Å². The van der Waals surface area contributed by atoms with Gasteiger partial charge in [-0.15, -0.1) is 0 Å². The number of hydrogen-bond acceptors (Lipinski definition) is 2. The topological polar surface area (TPSA) is 26.3 Å². The Morgan fingerprint density at radius 2 is 2.00 bits per heavy atom. The van der Waals surface area contributed by atoms with Gasteiger partial charge in [-0.25, -0.2) is 13.2 Å². The third-order valence-electron chi connectivity index (χ3n) is 2.77. The lowest BCUT2D eigenvalue weighted by Crippen LogP contribution is -2.08. The lowest BCUT2D eigenvalue weighted by Gasteiger charge is -2.11. The van der Waals surface area contributed by atoms with Crippen molar-refractivity contribution in [3.63, 3.8) is 0 Å². The van der Waals surface area contributed by atoms with Crippen LogP contribution in [0.2, 0.25) is 5.02 Å². The van der Waals surface area contributed by atoms with Crippen LogP contribution in [0.3, 0.4) is 0 Å². The van der Waals surface area contributed by atoms with E-state index in [9.17, 15) is 18.0 Å². The first-order valence-corrected chi connectivity index (χ1v) is 6.35. The summed E-state index contributed by atoms with van der Waals surface area (Å²) in [5, 5.41) is -0.0537. The van der Waals surface area contributed by atoms with E-state index in [0.717, 1.165) is 0 Å². The minimum atomic E-state index is -2.67. The second-order valence-corrected chi connectivity index (χ2v) is 4.58. The van der Waals surface area contributed by atoms with Crippen molar-refractivity contribution in [3.05, 3.63) is 52.8 Å². The van der Waals surface area contributed by atoms with Crippen molar-refractivity contribution in [2.75, 3.05) is 6.61 Å². The van der Waals surface area contributed by atoms with Crippen molar-refractivity contribution in [2.45, 2.75) is 6.43 Å². The normalized spacial score (nSPS) is 10.7. The predicted octanol–water partition coefficient (Wildman–Crippen LogP) is 4.60. The summed E-state index contributed by atoms with van der Waals surface area (Å²) >= 11 is 5.70.